The van der Waals surface area contributed by atoms with E-state index in [9.17, 15) is 14.5 Å². The van der Waals surface area contributed by atoms with Crippen LogP contribution in [0.4, 0.5) is 15.8 Å². The van der Waals surface area contributed by atoms with E-state index in [1.54, 1.807) is 24.3 Å². The Kier molecular flexibility index (Phi) is 4.27. The number of aromatic nitrogens is 2. The van der Waals surface area contributed by atoms with Gasteiger partial charge in [-0.05, 0) is 0 Å². The maximum atomic E-state index is 14.0. The van der Waals surface area contributed by atoms with E-state index < -0.39 is 16.4 Å². The van der Waals surface area contributed by atoms with E-state index in [1.807, 2.05) is 0 Å². The number of anilines is 1. The van der Waals surface area contributed by atoms with Gasteiger partial charge in [-0.2, -0.15) is 0 Å². The zero-order valence-electron chi connectivity index (χ0n) is 11.5. The molecule has 0 aliphatic rings. The number of methoxy groups -OCH3 is 1. The average Bonchev–Trinajstić information content (AvgIpc) is 2.47. The lowest BCUT2D eigenvalue weighted by Gasteiger charge is -2.20. The SMILES string of the molecule is COc1cc(N(C)Cc2cnccn2)c(F)cc1[N+](=O)[O-]. The second-order valence-electron chi connectivity index (χ2n) is 4.29. The molecule has 8 heteroatoms. The summed E-state index contributed by atoms with van der Waals surface area (Å²) in [5.74, 6) is -0.698. The molecule has 0 saturated carbocycles. The minimum absolute atomic E-state index is 0.00222. The van der Waals surface area contributed by atoms with Gasteiger partial charge in [0.1, 0.15) is 0 Å². The fourth-order valence-electron chi connectivity index (χ4n) is 1.87. The molecule has 1 aromatic heterocycles. The van der Waals surface area contributed by atoms with Crippen LogP contribution in [0.1, 0.15) is 5.69 Å². The van der Waals surface area contributed by atoms with Crippen molar-refractivity contribution in [1.82, 2.24) is 9.97 Å². The van der Waals surface area contributed by atoms with E-state index in [1.165, 1.54) is 19.4 Å². The maximum absolute atomic E-state index is 14.0. The first-order chi connectivity index (χ1) is 10.0. The van der Waals surface area contributed by atoms with Crippen LogP contribution in [-0.4, -0.2) is 29.0 Å². The van der Waals surface area contributed by atoms with E-state index >= 15 is 0 Å². The molecule has 0 N–H and O–H groups in total. The molecule has 0 atom stereocenters. The number of halogens is 1. The minimum atomic E-state index is -0.700. The molecule has 2 aromatic rings. The molecule has 110 valence electrons. The number of ether oxygens (including phenoxy) is 1. The molecule has 1 heterocycles. The van der Waals surface area contributed by atoms with Crippen LogP contribution in [0, 0.1) is 15.9 Å². The Hall–Kier alpha value is -2.77. The molecule has 0 spiro atoms. The first kappa shape index (κ1) is 14.6. The third-order valence-electron chi connectivity index (χ3n) is 2.87. The summed E-state index contributed by atoms with van der Waals surface area (Å²) in [5, 5.41) is 10.8. The second-order valence-corrected chi connectivity index (χ2v) is 4.29. The molecule has 0 amide bonds. The van der Waals surface area contributed by atoms with Crippen LogP contribution < -0.4 is 9.64 Å². The topological polar surface area (TPSA) is 81.4 Å². The van der Waals surface area contributed by atoms with Crippen LogP contribution in [0.3, 0.4) is 0 Å². The van der Waals surface area contributed by atoms with Crippen molar-refractivity contribution in [3.63, 3.8) is 0 Å². The van der Waals surface area contributed by atoms with Crippen molar-refractivity contribution < 1.29 is 14.1 Å². The predicted molar refractivity (Wildman–Crippen MR) is 73.7 cm³/mol. The van der Waals surface area contributed by atoms with Gasteiger partial charge in [-0.15, -0.1) is 0 Å². The largest absolute Gasteiger partial charge is 0.490 e. The zero-order chi connectivity index (χ0) is 15.4. The fourth-order valence-corrected chi connectivity index (χ4v) is 1.87. The number of nitrogens with zero attached hydrogens (tertiary/aromatic N) is 4. The van der Waals surface area contributed by atoms with Gasteiger partial charge in [0.05, 0.1) is 42.2 Å². The highest BCUT2D eigenvalue weighted by molar-refractivity contribution is 5.60. The number of hydrogen-bond acceptors (Lipinski definition) is 6. The second kappa shape index (κ2) is 6.12. The Morgan fingerprint density at radius 2 is 2.19 bits per heavy atom. The molecule has 7 nitrogen and oxygen atoms in total. The summed E-state index contributed by atoms with van der Waals surface area (Å²) in [7, 11) is 2.95. The van der Waals surface area contributed by atoms with Crippen LogP contribution in [0.15, 0.2) is 30.7 Å². The van der Waals surface area contributed by atoms with Gasteiger partial charge < -0.3 is 9.64 Å². The molecule has 0 fully saturated rings. The molecule has 0 unspecified atom stereocenters. The van der Waals surface area contributed by atoms with Gasteiger partial charge in [0.2, 0.25) is 0 Å². The van der Waals surface area contributed by atoms with Gasteiger partial charge >= 0.3 is 5.69 Å². The molecule has 0 aliphatic carbocycles. The monoisotopic (exact) mass is 292 g/mol. The standard InChI is InChI=1S/C13H13FN4O3/c1-17(8-9-7-15-3-4-16-9)11-6-13(21-2)12(18(19)20)5-10(11)14/h3-7H,8H2,1-2H3. The summed E-state index contributed by atoms with van der Waals surface area (Å²) < 4.78 is 19.0. The Bertz CT molecular complexity index is 651. The smallest absolute Gasteiger partial charge is 0.313 e. The van der Waals surface area contributed by atoms with Gasteiger partial charge in [-0.3, -0.25) is 20.1 Å². The molecule has 0 radical (unpaired) electrons. The van der Waals surface area contributed by atoms with Crippen LogP contribution in [0.2, 0.25) is 0 Å². The highest BCUT2D eigenvalue weighted by Crippen LogP contribution is 2.33. The molecule has 0 bridgehead atoms. The van der Waals surface area contributed by atoms with E-state index in [4.69, 9.17) is 4.74 Å². The zero-order valence-corrected chi connectivity index (χ0v) is 11.5. The van der Waals surface area contributed by atoms with Crippen LogP contribution in [0.25, 0.3) is 0 Å². The summed E-state index contributed by atoms with van der Waals surface area (Å²) in [5.41, 5.74) is 0.423. The first-order valence-corrected chi connectivity index (χ1v) is 6.01. The quantitative estimate of drug-likeness (QED) is 0.620. The Morgan fingerprint density at radius 3 is 2.76 bits per heavy atom. The van der Waals surface area contributed by atoms with Gasteiger partial charge in [0, 0.05) is 25.5 Å². The highest BCUT2D eigenvalue weighted by Gasteiger charge is 2.21. The molecular weight excluding hydrogens is 279 g/mol. The molecule has 2 rings (SSSR count). The first-order valence-electron chi connectivity index (χ1n) is 6.01. The van der Waals surface area contributed by atoms with Gasteiger partial charge in [-0.1, -0.05) is 0 Å². The average molecular weight is 292 g/mol. The van der Waals surface area contributed by atoms with Crippen LogP contribution >= 0.6 is 0 Å². The fraction of sp³-hybridized carbons (Fsp3) is 0.231. The Morgan fingerprint density at radius 1 is 1.43 bits per heavy atom. The van der Waals surface area contributed by atoms with E-state index in [0.29, 0.717) is 12.2 Å². The Labute approximate surface area is 120 Å². The molecular formula is C13H13FN4O3. The predicted octanol–water partition coefficient (Wildman–Crippen LogP) is 2.17. The van der Waals surface area contributed by atoms with E-state index in [-0.39, 0.29) is 11.4 Å². The molecule has 0 aliphatic heterocycles. The summed E-state index contributed by atoms with van der Waals surface area (Å²) in [6, 6.07) is 2.14. The van der Waals surface area contributed by atoms with Crippen molar-refractivity contribution in [1.29, 1.82) is 0 Å². The van der Waals surface area contributed by atoms with Crippen molar-refractivity contribution >= 4 is 11.4 Å². The summed E-state index contributed by atoms with van der Waals surface area (Å²) in [4.78, 5) is 19.7. The lowest BCUT2D eigenvalue weighted by atomic mass is 10.2. The third-order valence-corrected chi connectivity index (χ3v) is 2.87. The van der Waals surface area contributed by atoms with Gasteiger partial charge in [-0.25, -0.2) is 4.39 Å². The molecule has 21 heavy (non-hydrogen) atoms. The number of rotatable bonds is 5. The normalized spacial score (nSPS) is 10.2. The minimum Gasteiger partial charge on any atom is -0.490 e. The highest BCUT2D eigenvalue weighted by atomic mass is 19.1. The summed E-state index contributed by atoms with van der Waals surface area (Å²) in [6.45, 7) is 0.311. The third kappa shape index (κ3) is 3.22. The number of nitro benzene ring substituents is 1. The summed E-state index contributed by atoms with van der Waals surface area (Å²) >= 11 is 0. The maximum Gasteiger partial charge on any atom is 0.313 e. The number of nitro groups is 1. The van der Waals surface area contributed by atoms with Crippen molar-refractivity contribution in [2.45, 2.75) is 6.54 Å². The van der Waals surface area contributed by atoms with Crippen molar-refractivity contribution in [3.8, 4) is 5.75 Å². The molecule has 1 aromatic carbocycles. The van der Waals surface area contributed by atoms with E-state index in [2.05, 4.69) is 9.97 Å². The van der Waals surface area contributed by atoms with Crippen molar-refractivity contribution in [2.75, 3.05) is 19.1 Å². The lowest BCUT2D eigenvalue weighted by molar-refractivity contribution is -0.385. The number of benzene rings is 1. The van der Waals surface area contributed by atoms with Crippen molar-refractivity contribution in [3.05, 3.63) is 52.3 Å². The molecule has 0 saturated heterocycles. The van der Waals surface area contributed by atoms with Crippen LogP contribution in [0.5, 0.6) is 5.75 Å². The lowest BCUT2D eigenvalue weighted by Crippen LogP contribution is -2.19. The van der Waals surface area contributed by atoms with E-state index in [0.717, 1.165) is 6.07 Å². The summed E-state index contributed by atoms with van der Waals surface area (Å²) in [6.07, 6.45) is 4.64. The number of hydrogen-bond donors (Lipinski definition) is 0. The van der Waals surface area contributed by atoms with Gasteiger partial charge in [0.25, 0.3) is 0 Å². The van der Waals surface area contributed by atoms with Crippen LogP contribution in [-0.2, 0) is 6.54 Å². The Balaban J connectivity index is 2.33. The van der Waals surface area contributed by atoms with Crippen molar-refractivity contribution in [2.24, 2.45) is 0 Å². The van der Waals surface area contributed by atoms with Gasteiger partial charge in [0.15, 0.2) is 11.6 Å².